The van der Waals surface area contributed by atoms with E-state index in [1.54, 1.807) is 14.1 Å². The molecule has 0 saturated carbocycles. The molecule has 0 fully saturated rings. The Morgan fingerprint density at radius 1 is 1.43 bits per heavy atom. The van der Waals surface area contributed by atoms with Crippen LogP contribution in [0.15, 0.2) is 4.99 Å². The molecule has 0 saturated heterocycles. The van der Waals surface area contributed by atoms with Crippen LogP contribution in [0.1, 0.15) is 27.2 Å². The number of nitrogens with two attached hydrogens (primary N) is 1. The van der Waals surface area contributed by atoms with Gasteiger partial charge in [-0.2, -0.15) is 0 Å². The molecule has 4 heteroatoms. The second-order valence-corrected chi connectivity index (χ2v) is 4.01. The number of carbonyl (C=O) groups is 1. The fourth-order valence-electron chi connectivity index (χ4n) is 1.40. The zero-order chi connectivity index (χ0) is 11.3. The molecule has 1 atom stereocenters. The first-order valence-corrected chi connectivity index (χ1v) is 4.90. The molecular weight excluding hydrogens is 178 g/mol. The van der Waals surface area contributed by atoms with E-state index in [0.29, 0.717) is 5.92 Å². The average Bonchev–Trinajstić information content (AvgIpc) is 2.13. The summed E-state index contributed by atoms with van der Waals surface area (Å²) in [4.78, 5) is 16.9. The van der Waals surface area contributed by atoms with Crippen LogP contribution in [0.5, 0.6) is 0 Å². The zero-order valence-electron chi connectivity index (χ0n) is 9.74. The molecule has 0 aromatic heterocycles. The Bertz CT molecular complexity index is 223. The van der Waals surface area contributed by atoms with Gasteiger partial charge in [0.05, 0.1) is 0 Å². The Morgan fingerprint density at radius 2 is 1.93 bits per heavy atom. The van der Waals surface area contributed by atoms with Gasteiger partial charge in [0.2, 0.25) is 5.91 Å². The molecule has 4 nitrogen and oxygen atoms in total. The van der Waals surface area contributed by atoms with Gasteiger partial charge in [-0.3, -0.25) is 14.7 Å². The quantitative estimate of drug-likeness (QED) is 0.546. The maximum Gasteiger partial charge on any atom is 0.231 e. The van der Waals surface area contributed by atoms with Crippen LogP contribution >= 0.6 is 0 Å². The molecule has 0 radical (unpaired) electrons. The Morgan fingerprint density at radius 3 is 2.29 bits per heavy atom. The van der Waals surface area contributed by atoms with Gasteiger partial charge >= 0.3 is 0 Å². The topological polar surface area (TPSA) is 58.7 Å². The van der Waals surface area contributed by atoms with Gasteiger partial charge in [0.15, 0.2) is 5.96 Å². The number of rotatable bonds is 3. The zero-order valence-corrected chi connectivity index (χ0v) is 9.74. The van der Waals surface area contributed by atoms with E-state index in [9.17, 15) is 4.79 Å². The maximum atomic E-state index is 11.7. The maximum absolute atomic E-state index is 11.7. The summed E-state index contributed by atoms with van der Waals surface area (Å²) in [7, 11) is 3.23. The van der Waals surface area contributed by atoms with Crippen molar-refractivity contribution in [2.45, 2.75) is 27.2 Å². The van der Waals surface area contributed by atoms with Gasteiger partial charge in [-0.25, -0.2) is 0 Å². The smallest absolute Gasteiger partial charge is 0.231 e. The summed E-state index contributed by atoms with van der Waals surface area (Å²) in [5.41, 5.74) is 5.54. The van der Waals surface area contributed by atoms with Crippen molar-refractivity contribution in [1.29, 1.82) is 0 Å². The number of carbonyl (C=O) groups excluding carboxylic acids is 1. The molecule has 0 aromatic rings. The summed E-state index contributed by atoms with van der Waals surface area (Å²) in [6.45, 7) is 6.11. The van der Waals surface area contributed by atoms with Gasteiger partial charge in [0.1, 0.15) is 0 Å². The van der Waals surface area contributed by atoms with Crippen molar-refractivity contribution < 1.29 is 4.79 Å². The summed E-state index contributed by atoms with van der Waals surface area (Å²) in [6, 6.07) is 0. The number of amides is 1. The molecule has 82 valence electrons. The van der Waals surface area contributed by atoms with Crippen molar-refractivity contribution in [2.24, 2.45) is 22.6 Å². The number of aliphatic imine (C=N–C) groups is 1. The highest BCUT2D eigenvalue weighted by Crippen LogP contribution is 2.12. The first-order valence-electron chi connectivity index (χ1n) is 4.90. The average molecular weight is 199 g/mol. The van der Waals surface area contributed by atoms with Gasteiger partial charge in [-0.05, 0) is 12.3 Å². The Kier molecular flexibility index (Phi) is 5.20. The van der Waals surface area contributed by atoms with Gasteiger partial charge in [-0.15, -0.1) is 0 Å². The van der Waals surface area contributed by atoms with E-state index in [-0.39, 0.29) is 17.8 Å². The monoisotopic (exact) mass is 199 g/mol. The minimum Gasteiger partial charge on any atom is -0.369 e. The highest BCUT2D eigenvalue weighted by atomic mass is 16.2. The van der Waals surface area contributed by atoms with E-state index < -0.39 is 0 Å². The summed E-state index contributed by atoms with van der Waals surface area (Å²) in [5.74, 6) is 0.815. The van der Waals surface area contributed by atoms with Crippen LogP contribution in [0, 0.1) is 11.8 Å². The molecule has 1 amide bonds. The number of guanidine groups is 1. The predicted molar refractivity (Wildman–Crippen MR) is 58.9 cm³/mol. The van der Waals surface area contributed by atoms with Crippen LogP contribution in [-0.2, 0) is 4.79 Å². The molecule has 0 aliphatic carbocycles. The Labute approximate surface area is 86.2 Å². The van der Waals surface area contributed by atoms with Crippen molar-refractivity contribution in [3.63, 3.8) is 0 Å². The summed E-state index contributed by atoms with van der Waals surface area (Å²) in [6.07, 6.45) is 0.875. The lowest BCUT2D eigenvalue weighted by molar-refractivity contribution is -0.130. The van der Waals surface area contributed by atoms with E-state index in [0.717, 1.165) is 6.42 Å². The first kappa shape index (κ1) is 12.9. The minimum atomic E-state index is 0.000278. The lowest BCUT2D eigenvalue weighted by Gasteiger charge is -2.21. The first-order chi connectivity index (χ1) is 6.40. The molecule has 0 heterocycles. The van der Waals surface area contributed by atoms with E-state index in [1.165, 1.54) is 4.90 Å². The van der Waals surface area contributed by atoms with Crippen LogP contribution in [0.4, 0.5) is 0 Å². The normalized spacial score (nSPS) is 14.3. The SMILES string of the molecule is CN=C(N)N(C)C(=O)C(C)CC(C)C. The standard InChI is InChI=1S/C10H21N3O/c1-7(2)6-8(3)9(14)13(5)10(11)12-4/h7-8H,6H2,1-5H3,(H2,11,12). The van der Waals surface area contributed by atoms with E-state index >= 15 is 0 Å². The van der Waals surface area contributed by atoms with E-state index in [1.807, 2.05) is 6.92 Å². The van der Waals surface area contributed by atoms with Crippen molar-refractivity contribution >= 4 is 11.9 Å². The summed E-state index contributed by atoms with van der Waals surface area (Å²) < 4.78 is 0. The van der Waals surface area contributed by atoms with Crippen LogP contribution in [0.25, 0.3) is 0 Å². The van der Waals surface area contributed by atoms with E-state index in [2.05, 4.69) is 18.8 Å². The molecule has 0 aromatic carbocycles. The van der Waals surface area contributed by atoms with Gasteiger partial charge in [0.25, 0.3) is 0 Å². The lowest BCUT2D eigenvalue weighted by atomic mass is 9.98. The highest BCUT2D eigenvalue weighted by Gasteiger charge is 2.20. The molecule has 0 spiro atoms. The fraction of sp³-hybridized carbons (Fsp3) is 0.800. The van der Waals surface area contributed by atoms with Gasteiger partial charge < -0.3 is 5.73 Å². The van der Waals surface area contributed by atoms with Crippen molar-refractivity contribution in [3.8, 4) is 0 Å². The van der Waals surface area contributed by atoms with Crippen molar-refractivity contribution in [3.05, 3.63) is 0 Å². The van der Waals surface area contributed by atoms with Crippen LogP contribution in [-0.4, -0.2) is 30.9 Å². The predicted octanol–water partition coefficient (Wildman–Crippen LogP) is 1.07. The third-order valence-electron chi connectivity index (χ3n) is 2.15. The Hall–Kier alpha value is -1.06. The molecule has 1 unspecified atom stereocenters. The second-order valence-electron chi connectivity index (χ2n) is 4.01. The molecule has 0 rings (SSSR count). The lowest BCUT2D eigenvalue weighted by Crippen LogP contribution is -2.41. The second kappa shape index (κ2) is 5.62. The molecule has 0 bridgehead atoms. The number of hydrogen-bond acceptors (Lipinski definition) is 2. The number of hydrogen-bond donors (Lipinski definition) is 1. The van der Waals surface area contributed by atoms with Crippen molar-refractivity contribution in [1.82, 2.24) is 4.90 Å². The molecular formula is C10H21N3O. The largest absolute Gasteiger partial charge is 0.369 e. The molecule has 0 aliphatic heterocycles. The molecule has 0 aliphatic rings. The third kappa shape index (κ3) is 3.77. The van der Waals surface area contributed by atoms with Crippen LogP contribution in [0.2, 0.25) is 0 Å². The third-order valence-corrected chi connectivity index (χ3v) is 2.15. The molecule has 14 heavy (non-hydrogen) atoms. The highest BCUT2D eigenvalue weighted by molar-refractivity contribution is 5.96. The van der Waals surface area contributed by atoms with Gasteiger partial charge in [-0.1, -0.05) is 20.8 Å². The summed E-state index contributed by atoms with van der Waals surface area (Å²) in [5, 5.41) is 0. The molecule has 2 N–H and O–H groups in total. The van der Waals surface area contributed by atoms with E-state index in [4.69, 9.17) is 5.73 Å². The minimum absolute atomic E-state index is 0.000278. The Balaban J connectivity index is 4.32. The van der Waals surface area contributed by atoms with Crippen LogP contribution in [0.3, 0.4) is 0 Å². The fourth-order valence-corrected chi connectivity index (χ4v) is 1.40. The van der Waals surface area contributed by atoms with Gasteiger partial charge in [0, 0.05) is 20.0 Å². The summed E-state index contributed by atoms with van der Waals surface area (Å²) >= 11 is 0. The van der Waals surface area contributed by atoms with Crippen molar-refractivity contribution in [2.75, 3.05) is 14.1 Å². The number of nitrogens with zero attached hydrogens (tertiary/aromatic N) is 2. The van der Waals surface area contributed by atoms with Crippen LogP contribution < -0.4 is 5.73 Å².